The zero-order valence-corrected chi connectivity index (χ0v) is 15.9. The molecule has 8 nitrogen and oxygen atoms in total. The molecule has 2 rings (SSSR count). The molecule has 1 aliphatic heterocycles. The van der Waals surface area contributed by atoms with Gasteiger partial charge in [-0.1, -0.05) is 26.0 Å². The summed E-state index contributed by atoms with van der Waals surface area (Å²) in [4.78, 5) is 11.8. The number of rotatable bonds is 6. The largest absolute Gasteiger partial charge is 0.394 e. The Balaban J connectivity index is 2.06. The Labute approximate surface area is 158 Å². The lowest BCUT2D eigenvalue weighted by molar-refractivity contribution is -0.306. The molecule has 27 heavy (non-hydrogen) atoms. The minimum absolute atomic E-state index is 0.0145. The Hall–Kier alpha value is -1.13. The van der Waals surface area contributed by atoms with Crippen molar-refractivity contribution in [2.24, 2.45) is 11.3 Å². The van der Waals surface area contributed by atoms with Gasteiger partial charge in [0.2, 0.25) is 0 Å². The highest BCUT2D eigenvalue weighted by Crippen LogP contribution is 2.40. The van der Waals surface area contributed by atoms with E-state index in [2.05, 4.69) is 0 Å². The van der Waals surface area contributed by atoms with Gasteiger partial charge in [0.05, 0.1) is 19.3 Å². The molecule has 7 unspecified atom stereocenters. The fraction of sp³-hybridized carbons (Fsp3) is 0.737. The third-order valence-electron chi connectivity index (χ3n) is 5.17. The number of aliphatic hydroxyl groups excluding tert-OH is 5. The van der Waals surface area contributed by atoms with Crippen molar-refractivity contribution in [3.8, 4) is 0 Å². The summed E-state index contributed by atoms with van der Waals surface area (Å²) in [5.74, 6) is -0.166. The van der Waals surface area contributed by atoms with Gasteiger partial charge in [0.1, 0.15) is 24.4 Å². The molecule has 0 bridgehead atoms. The lowest BCUT2D eigenvalue weighted by Crippen LogP contribution is -2.59. The molecule has 154 valence electrons. The highest BCUT2D eigenvalue weighted by Gasteiger charge is 2.44. The lowest BCUT2D eigenvalue weighted by Gasteiger charge is -2.40. The van der Waals surface area contributed by atoms with E-state index in [1.807, 2.05) is 19.9 Å². The monoisotopic (exact) mass is 386 g/mol. The maximum Gasteiger partial charge on any atom is 0.187 e. The Kier molecular flexibility index (Phi) is 7.32. The van der Waals surface area contributed by atoms with E-state index in [9.17, 15) is 30.3 Å². The predicted octanol–water partition coefficient (Wildman–Crippen LogP) is -0.718. The lowest BCUT2D eigenvalue weighted by atomic mass is 9.68. The molecular formula is C19H30O8. The summed E-state index contributed by atoms with van der Waals surface area (Å²) in [6.07, 6.45) is -1.74. The van der Waals surface area contributed by atoms with E-state index in [4.69, 9.17) is 9.47 Å². The minimum Gasteiger partial charge on any atom is -0.394 e. The molecule has 1 aliphatic carbocycles. The average Bonchev–Trinajstić information content (AvgIpc) is 2.59. The van der Waals surface area contributed by atoms with Gasteiger partial charge in [-0.15, -0.1) is 0 Å². The van der Waals surface area contributed by atoms with Crippen molar-refractivity contribution in [2.45, 2.75) is 64.0 Å². The second kappa shape index (κ2) is 8.91. The van der Waals surface area contributed by atoms with E-state index in [0.29, 0.717) is 12.0 Å². The minimum atomic E-state index is -1.50. The van der Waals surface area contributed by atoms with Crippen LogP contribution in [0.25, 0.3) is 0 Å². The van der Waals surface area contributed by atoms with E-state index in [0.717, 1.165) is 0 Å². The highest BCUT2D eigenvalue weighted by atomic mass is 16.7. The number of hydrogen-bond acceptors (Lipinski definition) is 8. The first-order valence-corrected chi connectivity index (χ1v) is 9.09. The van der Waals surface area contributed by atoms with Crippen molar-refractivity contribution in [1.29, 1.82) is 0 Å². The quantitative estimate of drug-likeness (QED) is 0.377. The van der Waals surface area contributed by atoms with Crippen LogP contribution >= 0.6 is 0 Å². The third-order valence-corrected chi connectivity index (χ3v) is 5.17. The van der Waals surface area contributed by atoms with Gasteiger partial charge in [-0.05, 0) is 24.0 Å². The fourth-order valence-corrected chi connectivity index (χ4v) is 3.64. The van der Waals surface area contributed by atoms with Gasteiger partial charge in [0.15, 0.2) is 12.1 Å². The van der Waals surface area contributed by atoms with Crippen molar-refractivity contribution in [3.63, 3.8) is 0 Å². The van der Waals surface area contributed by atoms with Crippen LogP contribution < -0.4 is 0 Å². The van der Waals surface area contributed by atoms with E-state index in [-0.39, 0.29) is 23.7 Å². The molecule has 0 amide bonds. The number of ether oxygens (including phenoxy) is 2. The SMILES string of the molecule is CC(C=CC1C(CO)=CC(=O)CC1(C)C)OC1OC(CO)C(O)C(O)C1O. The van der Waals surface area contributed by atoms with Crippen molar-refractivity contribution in [3.05, 3.63) is 23.8 Å². The van der Waals surface area contributed by atoms with Gasteiger partial charge in [-0.2, -0.15) is 0 Å². The Morgan fingerprint density at radius 3 is 2.52 bits per heavy atom. The molecule has 0 saturated carbocycles. The van der Waals surface area contributed by atoms with Gasteiger partial charge in [-0.3, -0.25) is 4.79 Å². The summed E-state index contributed by atoms with van der Waals surface area (Å²) in [6.45, 7) is 4.87. The summed E-state index contributed by atoms with van der Waals surface area (Å²) in [6, 6.07) is 0. The molecule has 1 saturated heterocycles. The van der Waals surface area contributed by atoms with Gasteiger partial charge in [-0.25, -0.2) is 0 Å². The molecule has 5 N–H and O–H groups in total. The summed E-state index contributed by atoms with van der Waals surface area (Å²) in [5.41, 5.74) is 0.274. The third kappa shape index (κ3) is 5.03. The Morgan fingerprint density at radius 1 is 1.26 bits per heavy atom. The molecule has 0 aromatic heterocycles. The van der Waals surface area contributed by atoms with Gasteiger partial charge >= 0.3 is 0 Å². The Bertz CT molecular complexity index is 582. The van der Waals surface area contributed by atoms with Crippen molar-refractivity contribution in [1.82, 2.24) is 0 Å². The second-order valence-corrected chi connectivity index (χ2v) is 7.91. The first-order chi connectivity index (χ1) is 12.6. The second-order valence-electron chi connectivity index (χ2n) is 7.91. The van der Waals surface area contributed by atoms with Crippen LogP contribution in [0.2, 0.25) is 0 Å². The number of carbonyl (C=O) groups is 1. The van der Waals surface area contributed by atoms with Gasteiger partial charge < -0.3 is 35.0 Å². The number of aliphatic hydroxyl groups is 5. The molecule has 8 heteroatoms. The van der Waals surface area contributed by atoms with Crippen LogP contribution in [-0.2, 0) is 14.3 Å². The summed E-state index contributed by atoms with van der Waals surface area (Å²) < 4.78 is 10.9. The highest BCUT2D eigenvalue weighted by molar-refractivity contribution is 5.92. The summed E-state index contributed by atoms with van der Waals surface area (Å²) in [7, 11) is 0. The number of hydrogen-bond donors (Lipinski definition) is 5. The van der Waals surface area contributed by atoms with Crippen LogP contribution in [0, 0.1) is 11.3 Å². The smallest absolute Gasteiger partial charge is 0.187 e. The summed E-state index contributed by atoms with van der Waals surface area (Å²) in [5, 5.41) is 48.4. The average molecular weight is 386 g/mol. The van der Waals surface area contributed by atoms with Gasteiger partial charge in [0.25, 0.3) is 0 Å². The van der Waals surface area contributed by atoms with Crippen molar-refractivity contribution in [2.75, 3.05) is 13.2 Å². The van der Waals surface area contributed by atoms with Crippen LogP contribution in [0.4, 0.5) is 0 Å². The van der Waals surface area contributed by atoms with E-state index < -0.39 is 43.4 Å². The van der Waals surface area contributed by atoms with Crippen LogP contribution in [0.3, 0.4) is 0 Å². The molecule has 0 aromatic carbocycles. The van der Waals surface area contributed by atoms with Crippen LogP contribution in [0.5, 0.6) is 0 Å². The molecule has 0 radical (unpaired) electrons. The molecule has 0 aromatic rings. The maximum atomic E-state index is 11.8. The number of ketones is 1. The molecule has 1 heterocycles. The normalized spacial score (nSPS) is 38.1. The van der Waals surface area contributed by atoms with Crippen LogP contribution in [0.15, 0.2) is 23.8 Å². The van der Waals surface area contributed by atoms with Crippen LogP contribution in [0.1, 0.15) is 27.2 Å². The number of carbonyl (C=O) groups excluding carboxylic acids is 1. The van der Waals surface area contributed by atoms with E-state index >= 15 is 0 Å². The zero-order valence-electron chi connectivity index (χ0n) is 15.9. The van der Waals surface area contributed by atoms with Crippen LogP contribution in [-0.4, -0.2) is 81.3 Å². The van der Waals surface area contributed by atoms with E-state index in [1.165, 1.54) is 6.08 Å². The molecule has 1 fully saturated rings. The van der Waals surface area contributed by atoms with E-state index in [1.54, 1.807) is 13.0 Å². The molecule has 2 aliphatic rings. The number of allylic oxidation sites excluding steroid dienone is 2. The topological polar surface area (TPSA) is 137 Å². The summed E-state index contributed by atoms with van der Waals surface area (Å²) >= 11 is 0. The standard InChI is InChI=1S/C19H30O8/c1-10(26-18-17(25)16(24)15(23)14(9-21)27-18)4-5-13-11(8-20)6-12(22)7-19(13,2)3/h4-6,10,13-18,20-21,23-25H,7-9H2,1-3H3. The Morgan fingerprint density at radius 2 is 1.93 bits per heavy atom. The molecular weight excluding hydrogens is 356 g/mol. The predicted molar refractivity (Wildman–Crippen MR) is 95.5 cm³/mol. The van der Waals surface area contributed by atoms with Gasteiger partial charge in [0, 0.05) is 12.3 Å². The first kappa shape index (κ1) is 22.2. The van der Waals surface area contributed by atoms with Crippen molar-refractivity contribution >= 4 is 5.78 Å². The van der Waals surface area contributed by atoms with Crippen molar-refractivity contribution < 1.29 is 39.8 Å². The molecule has 0 spiro atoms. The zero-order chi connectivity index (χ0) is 20.4. The fourth-order valence-electron chi connectivity index (χ4n) is 3.64. The first-order valence-electron chi connectivity index (χ1n) is 9.09. The maximum absolute atomic E-state index is 11.8. The molecule has 7 atom stereocenters.